The molecule has 2 N–H and O–H groups in total. The van der Waals surface area contributed by atoms with E-state index in [4.69, 9.17) is 0 Å². The molecule has 0 aromatic heterocycles. The summed E-state index contributed by atoms with van der Waals surface area (Å²) in [7, 11) is 0. The lowest BCUT2D eigenvalue weighted by atomic mass is 9.88. The van der Waals surface area contributed by atoms with Crippen LogP contribution < -0.4 is 10.6 Å². The Hall–Kier alpha value is -0.870. The third kappa shape index (κ3) is 3.12. The molecule has 0 bridgehead atoms. The van der Waals surface area contributed by atoms with Gasteiger partial charge in [-0.2, -0.15) is 0 Å². The van der Waals surface area contributed by atoms with Crippen LogP contribution in [0.2, 0.25) is 0 Å². The van der Waals surface area contributed by atoms with Crippen molar-refractivity contribution in [3.63, 3.8) is 0 Å². The van der Waals surface area contributed by atoms with Crippen LogP contribution in [0.3, 0.4) is 0 Å². The Kier molecular flexibility index (Phi) is 4.40. The Bertz CT molecular complexity index is 414. The van der Waals surface area contributed by atoms with Crippen LogP contribution in [0.15, 0.2) is 28.7 Å². The molecular weight excluding hydrogens is 292 g/mol. The zero-order valence-corrected chi connectivity index (χ0v) is 12.3. The number of benzene rings is 1. The standard InChI is InChI=1S/C14H19BrN2O/c1-9(12-7-16-8-12)14(18)17-10(2)11-3-5-13(15)6-4-11/h3-6,9-10,12,16H,7-8H2,1-2H3,(H,17,18)/t9?,10-/m0/s1. The molecule has 4 heteroatoms. The fourth-order valence-electron chi connectivity index (χ4n) is 2.06. The first-order valence-corrected chi connectivity index (χ1v) is 7.14. The molecular formula is C14H19BrN2O. The Morgan fingerprint density at radius 2 is 1.94 bits per heavy atom. The van der Waals surface area contributed by atoms with E-state index in [2.05, 4.69) is 26.6 Å². The Balaban J connectivity index is 1.91. The molecule has 1 unspecified atom stereocenters. The van der Waals surface area contributed by atoms with Gasteiger partial charge in [-0.25, -0.2) is 0 Å². The molecule has 0 radical (unpaired) electrons. The maximum Gasteiger partial charge on any atom is 0.223 e. The normalized spacial score (nSPS) is 18.8. The topological polar surface area (TPSA) is 41.1 Å². The highest BCUT2D eigenvalue weighted by Gasteiger charge is 2.29. The van der Waals surface area contributed by atoms with E-state index in [1.807, 2.05) is 38.1 Å². The highest BCUT2D eigenvalue weighted by atomic mass is 79.9. The van der Waals surface area contributed by atoms with Gasteiger partial charge >= 0.3 is 0 Å². The van der Waals surface area contributed by atoms with E-state index in [9.17, 15) is 4.79 Å². The maximum atomic E-state index is 12.1. The van der Waals surface area contributed by atoms with E-state index in [-0.39, 0.29) is 17.9 Å². The van der Waals surface area contributed by atoms with Gasteiger partial charge in [-0.3, -0.25) is 4.79 Å². The van der Waals surface area contributed by atoms with E-state index in [0.717, 1.165) is 23.1 Å². The fourth-order valence-corrected chi connectivity index (χ4v) is 2.32. The summed E-state index contributed by atoms with van der Waals surface area (Å²) in [5.41, 5.74) is 1.13. The summed E-state index contributed by atoms with van der Waals surface area (Å²) < 4.78 is 1.05. The second kappa shape index (κ2) is 5.85. The molecule has 2 rings (SSSR count). The van der Waals surface area contributed by atoms with Crippen molar-refractivity contribution in [3.05, 3.63) is 34.3 Å². The van der Waals surface area contributed by atoms with E-state index in [0.29, 0.717) is 5.92 Å². The SMILES string of the molecule is CC(C(=O)N[C@@H](C)c1ccc(Br)cc1)C1CNC1. The Morgan fingerprint density at radius 1 is 1.33 bits per heavy atom. The second-order valence-corrected chi connectivity index (χ2v) is 5.90. The minimum atomic E-state index is 0.0566. The van der Waals surface area contributed by atoms with Gasteiger partial charge < -0.3 is 10.6 Å². The predicted molar refractivity (Wildman–Crippen MR) is 76.2 cm³/mol. The van der Waals surface area contributed by atoms with Gasteiger partial charge in [-0.05, 0) is 43.6 Å². The molecule has 1 saturated heterocycles. The average molecular weight is 311 g/mol. The third-order valence-corrected chi connectivity index (χ3v) is 4.19. The van der Waals surface area contributed by atoms with Gasteiger partial charge in [0.2, 0.25) is 5.91 Å². The van der Waals surface area contributed by atoms with Crippen LogP contribution in [0.4, 0.5) is 0 Å². The molecule has 3 nitrogen and oxygen atoms in total. The first kappa shape index (κ1) is 13.6. The van der Waals surface area contributed by atoms with Crippen molar-refractivity contribution in [1.29, 1.82) is 0 Å². The number of halogens is 1. The van der Waals surface area contributed by atoms with Crippen LogP contribution in [0.25, 0.3) is 0 Å². The van der Waals surface area contributed by atoms with Crippen molar-refractivity contribution in [2.24, 2.45) is 11.8 Å². The number of carbonyl (C=O) groups excluding carboxylic acids is 1. The maximum absolute atomic E-state index is 12.1. The van der Waals surface area contributed by atoms with Gasteiger partial charge in [0.1, 0.15) is 0 Å². The van der Waals surface area contributed by atoms with Crippen molar-refractivity contribution < 1.29 is 4.79 Å². The molecule has 98 valence electrons. The van der Waals surface area contributed by atoms with Gasteiger partial charge in [-0.1, -0.05) is 35.0 Å². The fraction of sp³-hybridized carbons (Fsp3) is 0.500. The predicted octanol–water partition coefficient (Wildman–Crippen LogP) is 2.48. The summed E-state index contributed by atoms with van der Waals surface area (Å²) in [5, 5.41) is 6.29. The molecule has 1 aromatic carbocycles. The zero-order chi connectivity index (χ0) is 13.1. The van der Waals surface area contributed by atoms with Crippen molar-refractivity contribution >= 4 is 21.8 Å². The van der Waals surface area contributed by atoms with Crippen LogP contribution in [0.5, 0.6) is 0 Å². The number of nitrogens with one attached hydrogen (secondary N) is 2. The highest BCUT2D eigenvalue weighted by molar-refractivity contribution is 9.10. The molecule has 1 amide bonds. The summed E-state index contributed by atoms with van der Waals surface area (Å²) >= 11 is 3.41. The lowest BCUT2D eigenvalue weighted by molar-refractivity contribution is -0.127. The van der Waals surface area contributed by atoms with Gasteiger partial charge in [0, 0.05) is 10.4 Å². The van der Waals surface area contributed by atoms with Gasteiger partial charge in [0.05, 0.1) is 6.04 Å². The van der Waals surface area contributed by atoms with Crippen molar-refractivity contribution in [2.75, 3.05) is 13.1 Å². The van der Waals surface area contributed by atoms with Gasteiger partial charge in [0.15, 0.2) is 0 Å². The molecule has 1 aliphatic rings. The largest absolute Gasteiger partial charge is 0.349 e. The average Bonchev–Trinajstić information content (AvgIpc) is 2.27. The van der Waals surface area contributed by atoms with Gasteiger partial charge in [-0.15, -0.1) is 0 Å². The second-order valence-electron chi connectivity index (χ2n) is 4.99. The number of rotatable bonds is 4. The van der Waals surface area contributed by atoms with Crippen LogP contribution in [0.1, 0.15) is 25.5 Å². The minimum Gasteiger partial charge on any atom is -0.349 e. The van der Waals surface area contributed by atoms with Crippen LogP contribution in [-0.4, -0.2) is 19.0 Å². The van der Waals surface area contributed by atoms with Crippen LogP contribution >= 0.6 is 15.9 Å². The lowest BCUT2D eigenvalue weighted by Gasteiger charge is -2.32. The molecule has 2 atom stereocenters. The summed E-state index contributed by atoms with van der Waals surface area (Å²) in [4.78, 5) is 12.1. The monoisotopic (exact) mass is 310 g/mol. The van der Waals surface area contributed by atoms with E-state index < -0.39 is 0 Å². The third-order valence-electron chi connectivity index (χ3n) is 3.66. The van der Waals surface area contributed by atoms with Crippen LogP contribution in [-0.2, 0) is 4.79 Å². The first-order chi connectivity index (χ1) is 8.58. The van der Waals surface area contributed by atoms with Gasteiger partial charge in [0.25, 0.3) is 0 Å². The van der Waals surface area contributed by atoms with Crippen LogP contribution in [0, 0.1) is 11.8 Å². The van der Waals surface area contributed by atoms with Crippen molar-refractivity contribution in [3.8, 4) is 0 Å². The smallest absolute Gasteiger partial charge is 0.223 e. The highest BCUT2D eigenvalue weighted by Crippen LogP contribution is 2.20. The molecule has 0 aliphatic carbocycles. The van der Waals surface area contributed by atoms with E-state index in [1.165, 1.54) is 0 Å². The molecule has 1 aromatic rings. The minimum absolute atomic E-state index is 0.0566. The molecule has 1 heterocycles. The van der Waals surface area contributed by atoms with E-state index >= 15 is 0 Å². The van der Waals surface area contributed by atoms with Crippen molar-refractivity contribution in [1.82, 2.24) is 10.6 Å². The molecule has 0 spiro atoms. The number of hydrogen-bond donors (Lipinski definition) is 2. The number of hydrogen-bond acceptors (Lipinski definition) is 2. The zero-order valence-electron chi connectivity index (χ0n) is 10.7. The summed E-state index contributed by atoms with van der Waals surface area (Å²) in [5.74, 6) is 0.725. The Morgan fingerprint density at radius 3 is 2.44 bits per heavy atom. The number of carbonyl (C=O) groups is 1. The lowest BCUT2D eigenvalue weighted by Crippen LogP contribution is -2.49. The Labute approximate surface area is 116 Å². The summed E-state index contributed by atoms with van der Waals surface area (Å²) in [6.07, 6.45) is 0. The molecule has 18 heavy (non-hydrogen) atoms. The quantitative estimate of drug-likeness (QED) is 0.897. The molecule has 1 aliphatic heterocycles. The summed E-state index contributed by atoms with van der Waals surface area (Å²) in [6.45, 7) is 5.95. The molecule has 0 saturated carbocycles. The molecule has 1 fully saturated rings. The summed E-state index contributed by atoms with van der Waals surface area (Å²) in [6, 6.07) is 8.12. The van der Waals surface area contributed by atoms with E-state index in [1.54, 1.807) is 0 Å². The number of amides is 1. The first-order valence-electron chi connectivity index (χ1n) is 6.34. The van der Waals surface area contributed by atoms with Crippen molar-refractivity contribution in [2.45, 2.75) is 19.9 Å².